The molecule has 1 heterocycles. The Morgan fingerprint density at radius 3 is 2.56 bits per heavy atom. The molecule has 0 aromatic carbocycles. The maximum atomic E-state index is 4.13. The predicted molar refractivity (Wildman–Crippen MR) is 53.3 cm³/mol. The second kappa shape index (κ2) is 3.18. The minimum atomic E-state index is 1.01. The molecule has 0 unspecified atom stereocenters. The van der Waals surface area contributed by atoms with Gasteiger partial charge >= 0.3 is 0 Å². The highest BCUT2D eigenvalue weighted by molar-refractivity contribution is 14.1. The molecule has 9 heavy (non-hydrogen) atoms. The van der Waals surface area contributed by atoms with Crippen LogP contribution in [0.1, 0.15) is 6.92 Å². The lowest BCUT2D eigenvalue weighted by Crippen LogP contribution is -1.93. The summed E-state index contributed by atoms with van der Waals surface area (Å²) in [6.45, 7) is 3.12. The number of nitrogens with zero attached hydrogens (tertiary/aromatic N) is 2. The summed E-state index contributed by atoms with van der Waals surface area (Å²) in [4.78, 5) is 4.13. The first-order chi connectivity index (χ1) is 4.25. The Balaban J connectivity index is 3.04. The average molecular weight is 348 g/mol. The molecule has 1 rings (SSSR count). The lowest BCUT2D eigenvalue weighted by molar-refractivity contribution is 0.743. The van der Waals surface area contributed by atoms with Crippen LogP contribution in [0.3, 0.4) is 0 Å². The minimum absolute atomic E-state index is 1.01. The predicted octanol–water partition coefficient (Wildman–Crippen LogP) is 2.11. The SMILES string of the molecule is CCn1cnc(I)c1I. The molecule has 4 heteroatoms. The summed E-state index contributed by atoms with van der Waals surface area (Å²) in [7, 11) is 0. The third-order valence-electron chi connectivity index (χ3n) is 1.07. The van der Waals surface area contributed by atoms with Crippen LogP contribution < -0.4 is 0 Å². The summed E-state index contributed by atoms with van der Waals surface area (Å²) in [5.41, 5.74) is 0. The second-order valence-electron chi connectivity index (χ2n) is 1.61. The summed E-state index contributed by atoms with van der Waals surface area (Å²) in [5.74, 6) is 0. The highest BCUT2D eigenvalue weighted by Gasteiger charge is 2.00. The van der Waals surface area contributed by atoms with Crippen LogP contribution in [0.5, 0.6) is 0 Å². The third kappa shape index (κ3) is 1.57. The summed E-state index contributed by atoms with van der Waals surface area (Å²) in [6.07, 6.45) is 1.86. The first-order valence-corrected chi connectivity index (χ1v) is 4.77. The molecule has 0 N–H and O–H groups in total. The zero-order valence-corrected chi connectivity index (χ0v) is 9.25. The van der Waals surface area contributed by atoms with Gasteiger partial charge in [0, 0.05) is 6.54 Å². The highest BCUT2D eigenvalue weighted by Crippen LogP contribution is 2.11. The van der Waals surface area contributed by atoms with Crippen molar-refractivity contribution in [2.45, 2.75) is 13.5 Å². The van der Waals surface area contributed by atoms with Crippen molar-refractivity contribution in [1.82, 2.24) is 9.55 Å². The largest absolute Gasteiger partial charge is 0.325 e. The molecule has 1 aromatic rings. The van der Waals surface area contributed by atoms with Crippen LogP contribution in [-0.4, -0.2) is 9.55 Å². The van der Waals surface area contributed by atoms with Gasteiger partial charge in [-0.1, -0.05) is 0 Å². The second-order valence-corrected chi connectivity index (χ2v) is 3.66. The van der Waals surface area contributed by atoms with E-state index in [1.807, 2.05) is 6.33 Å². The molecule has 0 fully saturated rings. The van der Waals surface area contributed by atoms with Gasteiger partial charge in [-0.2, -0.15) is 0 Å². The van der Waals surface area contributed by atoms with Gasteiger partial charge in [0.1, 0.15) is 7.40 Å². The van der Waals surface area contributed by atoms with Gasteiger partial charge in [0.05, 0.1) is 6.33 Å². The smallest absolute Gasteiger partial charge is 0.132 e. The van der Waals surface area contributed by atoms with E-state index in [9.17, 15) is 0 Å². The van der Waals surface area contributed by atoms with E-state index in [0.29, 0.717) is 0 Å². The number of halogens is 2. The van der Waals surface area contributed by atoms with Crippen LogP contribution in [0, 0.1) is 7.40 Å². The van der Waals surface area contributed by atoms with E-state index in [1.165, 1.54) is 3.70 Å². The number of aryl methyl sites for hydroxylation is 1. The molecular formula is C5H6I2N2. The Bertz CT molecular complexity index is 207. The van der Waals surface area contributed by atoms with Gasteiger partial charge in [-0.3, -0.25) is 0 Å². The minimum Gasteiger partial charge on any atom is -0.325 e. The van der Waals surface area contributed by atoms with Crippen LogP contribution in [-0.2, 0) is 6.54 Å². The molecule has 0 spiro atoms. The molecule has 0 aliphatic carbocycles. The molecule has 0 radical (unpaired) electrons. The van der Waals surface area contributed by atoms with Crippen molar-refractivity contribution < 1.29 is 0 Å². The average Bonchev–Trinajstić information content (AvgIpc) is 2.15. The summed E-state index contributed by atoms with van der Waals surface area (Å²) < 4.78 is 4.44. The van der Waals surface area contributed by atoms with Crippen molar-refractivity contribution in [3.8, 4) is 0 Å². The standard InChI is InChI=1S/C5H6I2N2/c1-2-9-3-8-4(6)5(9)7/h3H,2H2,1H3. The Kier molecular flexibility index (Phi) is 2.74. The van der Waals surface area contributed by atoms with Crippen LogP contribution >= 0.6 is 45.2 Å². The van der Waals surface area contributed by atoms with Crippen molar-refractivity contribution in [3.05, 3.63) is 13.7 Å². The number of imidazole rings is 1. The molecular weight excluding hydrogens is 342 g/mol. The third-order valence-corrected chi connectivity index (χ3v) is 4.03. The molecule has 0 aliphatic rings. The van der Waals surface area contributed by atoms with E-state index < -0.39 is 0 Å². The number of rotatable bonds is 1. The Morgan fingerprint density at radius 1 is 1.67 bits per heavy atom. The molecule has 0 saturated carbocycles. The first-order valence-electron chi connectivity index (χ1n) is 2.61. The zero-order chi connectivity index (χ0) is 6.85. The summed E-state index contributed by atoms with van der Waals surface area (Å²) >= 11 is 4.52. The van der Waals surface area contributed by atoms with E-state index in [4.69, 9.17) is 0 Å². The van der Waals surface area contributed by atoms with Crippen molar-refractivity contribution >= 4 is 45.2 Å². The van der Waals surface area contributed by atoms with Crippen LogP contribution in [0.2, 0.25) is 0 Å². The summed E-state index contributed by atoms with van der Waals surface area (Å²) in [6, 6.07) is 0. The fourth-order valence-electron chi connectivity index (χ4n) is 0.563. The van der Waals surface area contributed by atoms with Gasteiger partial charge in [-0.25, -0.2) is 4.98 Å². The lowest BCUT2D eigenvalue weighted by atomic mass is 10.7. The van der Waals surface area contributed by atoms with E-state index in [-0.39, 0.29) is 0 Å². The molecule has 0 aliphatic heterocycles. The number of hydrogen-bond donors (Lipinski definition) is 0. The Hall–Kier alpha value is 0.670. The maximum absolute atomic E-state index is 4.13. The molecule has 2 nitrogen and oxygen atoms in total. The van der Waals surface area contributed by atoms with E-state index in [2.05, 4.69) is 61.7 Å². The van der Waals surface area contributed by atoms with Crippen LogP contribution in [0.15, 0.2) is 6.33 Å². The van der Waals surface area contributed by atoms with Crippen molar-refractivity contribution in [3.63, 3.8) is 0 Å². The highest BCUT2D eigenvalue weighted by atomic mass is 127. The normalized spacial score (nSPS) is 10.1. The van der Waals surface area contributed by atoms with E-state index >= 15 is 0 Å². The van der Waals surface area contributed by atoms with Gasteiger partial charge < -0.3 is 4.57 Å². The van der Waals surface area contributed by atoms with Gasteiger partial charge in [0.15, 0.2) is 0 Å². The van der Waals surface area contributed by atoms with Crippen LogP contribution in [0.4, 0.5) is 0 Å². The van der Waals surface area contributed by atoms with Gasteiger partial charge in [-0.15, -0.1) is 0 Å². The fraction of sp³-hybridized carbons (Fsp3) is 0.400. The fourth-order valence-corrected chi connectivity index (χ4v) is 1.60. The maximum Gasteiger partial charge on any atom is 0.132 e. The molecule has 50 valence electrons. The van der Waals surface area contributed by atoms with Crippen LogP contribution in [0.25, 0.3) is 0 Å². The molecule has 1 aromatic heterocycles. The topological polar surface area (TPSA) is 17.8 Å². The Morgan fingerprint density at radius 2 is 2.33 bits per heavy atom. The molecule has 0 amide bonds. The van der Waals surface area contributed by atoms with Crippen molar-refractivity contribution in [2.24, 2.45) is 0 Å². The van der Waals surface area contributed by atoms with Gasteiger partial charge in [-0.05, 0) is 52.1 Å². The Labute approximate surface area is 81.3 Å². The summed E-state index contributed by atoms with van der Waals surface area (Å²) in [5, 5.41) is 0. The zero-order valence-electron chi connectivity index (χ0n) is 4.93. The molecule has 0 saturated heterocycles. The first kappa shape index (κ1) is 7.77. The number of aromatic nitrogens is 2. The number of hydrogen-bond acceptors (Lipinski definition) is 1. The van der Waals surface area contributed by atoms with Crippen molar-refractivity contribution in [2.75, 3.05) is 0 Å². The molecule has 0 bridgehead atoms. The lowest BCUT2D eigenvalue weighted by Gasteiger charge is -1.94. The van der Waals surface area contributed by atoms with E-state index in [1.54, 1.807) is 0 Å². The molecule has 0 atom stereocenters. The van der Waals surface area contributed by atoms with Gasteiger partial charge in [0.25, 0.3) is 0 Å². The quantitative estimate of drug-likeness (QED) is 0.711. The van der Waals surface area contributed by atoms with E-state index in [0.717, 1.165) is 10.2 Å². The monoisotopic (exact) mass is 348 g/mol. The van der Waals surface area contributed by atoms with Crippen molar-refractivity contribution in [1.29, 1.82) is 0 Å². The van der Waals surface area contributed by atoms with Gasteiger partial charge in [0.2, 0.25) is 0 Å².